The molecule has 3 aliphatic rings. The molecule has 2 aliphatic carbocycles. The van der Waals surface area contributed by atoms with Gasteiger partial charge in [-0.05, 0) is 78.4 Å². The van der Waals surface area contributed by atoms with Crippen molar-refractivity contribution in [1.82, 2.24) is 0 Å². The van der Waals surface area contributed by atoms with Crippen molar-refractivity contribution in [2.45, 2.75) is 64.7 Å². The van der Waals surface area contributed by atoms with Crippen LogP contribution in [0.3, 0.4) is 0 Å². The van der Waals surface area contributed by atoms with Gasteiger partial charge in [0.15, 0.2) is 0 Å². The Kier molecular flexibility index (Phi) is 3.10. The molecule has 0 radical (unpaired) electrons. The molecule has 1 heterocycles. The van der Waals surface area contributed by atoms with E-state index in [9.17, 15) is 0 Å². The van der Waals surface area contributed by atoms with Crippen LogP contribution in [-0.2, 0) is 0 Å². The van der Waals surface area contributed by atoms with E-state index < -0.39 is 0 Å². The van der Waals surface area contributed by atoms with Gasteiger partial charge in [0, 0.05) is 0 Å². The number of hydrogen-bond donors (Lipinski definition) is 0. The van der Waals surface area contributed by atoms with E-state index in [-0.39, 0.29) is 0 Å². The van der Waals surface area contributed by atoms with Crippen molar-refractivity contribution < 1.29 is 4.74 Å². The molecule has 1 heteroatoms. The highest BCUT2D eigenvalue weighted by atomic mass is 16.5. The lowest BCUT2D eigenvalue weighted by Crippen LogP contribution is -2.25. The van der Waals surface area contributed by atoms with Crippen LogP contribution < -0.4 is 4.74 Å². The van der Waals surface area contributed by atoms with Crippen molar-refractivity contribution >= 4 is 0 Å². The van der Waals surface area contributed by atoms with Gasteiger partial charge in [-0.1, -0.05) is 32.9 Å². The summed E-state index contributed by atoms with van der Waals surface area (Å²) in [5.41, 5.74) is 3.42. The van der Waals surface area contributed by atoms with Crippen LogP contribution in [0.2, 0.25) is 0 Å². The molecular formula is C20H28O. The van der Waals surface area contributed by atoms with Crippen LogP contribution in [0.1, 0.15) is 75.8 Å². The number of rotatable bonds is 1. The largest absolute Gasteiger partial charge is 0.493 e. The summed E-state index contributed by atoms with van der Waals surface area (Å²) >= 11 is 0. The van der Waals surface area contributed by atoms with Gasteiger partial charge in [0.25, 0.3) is 0 Å². The van der Waals surface area contributed by atoms with E-state index in [4.69, 9.17) is 4.74 Å². The Hall–Kier alpha value is -0.980. The number of hydrogen-bond acceptors (Lipinski definition) is 1. The Bertz CT molecular complexity index is 519. The third kappa shape index (κ3) is 2.20. The molecule has 114 valence electrons. The molecule has 0 N–H and O–H groups in total. The first kappa shape index (κ1) is 13.7. The summed E-state index contributed by atoms with van der Waals surface area (Å²) in [5.74, 6) is 4.56. The van der Waals surface area contributed by atoms with Crippen LogP contribution in [0, 0.1) is 17.3 Å². The molecule has 0 saturated heterocycles. The second kappa shape index (κ2) is 4.76. The number of fused-ring (bicyclic) bond motifs is 3. The van der Waals surface area contributed by atoms with Crippen molar-refractivity contribution in [2.24, 2.45) is 17.3 Å². The molecule has 0 aromatic heterocycles. The van der Waals surface area contributed by atoms with Gasteiger partial charge in [0.05, 0.1) is 6.61 Å². The Morgan fingerprint density at radius 3 is 2.24 bits per heavy atom. The molecule has 4 rings (SSSR count). The summed E-state index contributed by atoms with van der Waals surface area (Å²) in [4.78, 5) is 0. The van der Waals surface area contributed by atoms with Gasteiger partial charge < -0.3 is 4.74 Å². The molecule has 0 amide bonds. The normalized spacial score (nSPS) is 34.6. The van der Waals surface area contributed by atoms with Gasteiger partial charge in [-0.25, -0.2) is 0 Å². The van der Waals surface area contributed by atoms with Crippen LogP contribution in [0.4, 0.5) is 0 Å². The number of benzene rings is 1. The topological polar surface area (TPSA) is 9.23 Å². The second-order valence-electron chi connectivity index (χ2n) is 8.55. The highest BCUT2D eigenvalue weighted by Crippen LogP contribution is 2.55. The minimum Gasteiger partial charge on any atom is -0.493 e. The van der Waals surface area contributed by atoms with Gasteiger partial charge in [0.1, 0.15) is 5.75 Å². The Morgan fingerprint density at radius 1 is 0.952 bits per heavy atom. The van der Waals surface area contributed by atoms with E-state index in [1.165, 1.54) is 31.2 Å². The first-order chi connectivity index (χ1) is 10.0. The summed E-state index contributed by atoms with van der Waals surface area (Å²) < 4.78 is 5.94. The predicted octanol–water partition coefficient (Wildman–Crippen LogP) is 5.50. The van der Waals surface area contributed by atoms with E-state index in [1.54, 1.807) is 5.56 Å². The first-order valence-electron chi connectivity index (χ1n) is 8.80. The molecular weight excluding hydrogens is 256 g/mol. The van der Waals surface area contributed by atoms with Crippen LogP contribution >= 0.6 is 0 Å². The average molecular weight is 284 g/mol. The monoisotopic (exact) mass is 284 g/mol. The zero-order chi connectivity index (χ0) is 14.6. The summed E-state index contributed by atoms with van der Waals surface area (Å²) in [6, 6.07) is 7.15. The first-order valence-corrected chi connectivity index (χ1v) is 8.80. The second-order valence-corrected chi connectivity index (χ2v) is 8.55. The summed E-state index contributed by atoms with van der Waals surface area (Å²) in [6.07, 6.45) is 7.02. The van der Waals surface area contributed by atoms with Gasteiger partial charge in [0.2, 0.25) is 0 Å². The van der Waals surface area contributed by atoms with Crippen molar-refractivity contribution in [1.29, 1.82) is 0 Å². The lowest BCUT2D eigenvalue weighted by atomic mass is 9.72. The molecule has 1 nitrogen and oxygen atoms in total. The molecule has 0 spiro atoms. The minimum atomic E-state index is 0.325. The molecule has 1 aliphatic heterocycles. The van der Waals surface area contributed by atoms with Gasteiger partial charge in [-0.2, -0.15) is 0 Å². The Balaban J connectivity index is 1.72. The maximum absolute atomic E-state index is 5.94. The fraction of sp³-hybridized carbons (Fsp3) is 0.700. The predicted molar refractivity (Wildman–Crippen MR) is 86.9 cm³/mol. The zero-order valence-electron chi connectivity index (χ0n) is 13.7. The standard InChI is InChI=1S/C20H28O/c1-20(2,3)17-10-11-21-18-9-8-15(12-16(17)18)19-13-4-5-14(19)7-6-13/h8-9,12-14,17,19H,4-7,10-11H2,1-3H3. The maximum atomic E-state index is 5.94. The van der Waals surface area contributed by atoms with E-state index in [0.717, 1.165) is 36.5 Å². The zero-order valence-corrected chi connectivity index (χ0v) is 13.7. The molecule has 1 aromatic carbocycles. The fourth-order valence-corrected chi connectivity index (χ4v) is 5.31. The summed E-state index contributed by atoms with van der Waals surface area (Å²) in [5, 5.41) is 0. The number of ether oxygens (including phenoxy) is 1. The van der Waals surface area contributed by atoms with Gasteiger partial charge in [-0.3, -0.25) is 0 Å². The molecule has 1 atom stereocenters. The molecule has 1 aromatic rings. The van der Waals surface area contributed by atoms with E-state index >= 15 is 0 Å². The molecule has 2 fully saturated rings. The molecule has 1 unspecified atom stereocenters. The van der Waals surface area contributed by atoms with Crippen molar-refractivity contribution in [3.8, 4) is 5.75 Å². The fourth-order valence-electron chi connectivity index (χ4n) is 5.31. The minimum absolute atomic E-state index is 0.325. The summed E-state index contributed by atoms with van der Waals surface area (Å²) in [7, 11) is 0. The quantitative estimate of drug-likeness (QED) is 0.661. The smallest absolute Gasteiger partial charge is 0.122 e. The lowest BCUT2D eigenvalue weighted by Gasteiger charge is -2.36. The molecule has 2 saturated carbocycles. The Labute approximate surface area is 129 Å². The average Bonchev–Trinajstić information content (AvgIpc) is 3.05. The van der Waals surface area contributed by atoms with Crippen molar-refractivity contribution in [3.63, 3.8) is 0 Å². The van der Waals surface area contributed by atoms with Gasteiger partial charge in [-0.15, -0.1) is 0 Å². The maximum Gasteiger partial charge on any atom is 0.122 e. The SMILES string of the molecule is CC(C)(C)C1CCOc2ccc(C3C4CCC3CC4)cc21. The van der Waals surface area contributed by atoms with Crippen molar-refractivity contribution in [2.75, 3.05) is 6.61 Å². The highest BCUT2D eigenvalue weighted by molar-refractivity contribution is 5.43. The third-order valence-electron chi connectivity index (χ3n) is 6.34. The molecule has 2 bridgehead atoms. The van der Waals surface area contributed by atoms with Gasteiger partial charge >= 0.3 is 0 Å². The van der Waals surface area contributed by atoms with Crippen molar-refractivity contribution in [3.05, 3.63) is 29.3 Å². The van der Waals surface area contributed by atoms with E-state index in [0.29, 0.717) is 11.3 Å². The van der Waals surface area contributed by atoms with Crippen LogP contribution in [0.25, 0.3) is 0 Å². The Morgan fingerprint density at radius 2 is 1.62 bits per heavy atom. The highest BCUT2D eigenvalue weighted by Gasteiger charge is 2.43. The third-order valence-corrected chi connectivity index (χ3v) is 6.34. The lowest BCUT2D eigenvalue weighted by molar-refractivity contribution is 0.203. The van der Waals surface area contributed by atoms with E-state index in [2.05, 4.69) is 39.0 Å². The van der Waals surface area contributed by atoms with E-state index in [1.807, 2.05) is 0 Å². The van der Waals surface area contributed by atoms with Crippen LogP contribution in [0.15, 0.2) is 18.2 Å². The van der Waals surface area contributed by atoms with Crippen LogP contribution in [0.5, 0.6) is 5.75 Å². The summed E-state index contributed by atoms with van der Waals surface area (Å²) in [6.45, 7) is 8.00. The molecule has 21 heavy (non-hydrogen) atoms. The van der Waals surface area contributed by atoms with Crippen LogP contribution in [-0.4, -0.2) is 6.61 Å².